The molecule has 1 aliphatic heterocycles. The van der Waals surface area contributed by atoms with E-state index in [9.17, 15) is 5.11 Å². The number of methoxy groups -OCH3 is 1. The zero-order chi connectivity index (χ0) is 12.5. The van der Waals surface area contributed by atoms with Crippen LogP contribution in [0.15, 0.2) is 30.5 Å². The van der Waals surface area contributed by atoms with Gasteiger partial charge in [-0.15, -0.1) is 0 Å². The van der Waals surface area contributed by atoms with Crippen molar-refractivity contribution in [2.45, 2.75) is 25.5 Å². The first kappa shape index (κ1) is 11.3. The van der Waals surface area contributed by atoms with Gasteiger partial charge in [-0.05, 0) is 25.0 Å². The van der Waals surface area contributed by atoms with Gasteiger partial charge in [-0.25, -0.2) is 4.98 Å². The molecule has 1 aromatic carbocycles. The summed E-state index contributed by atoms with van der Waals surface area (Å²) in [5, 5.41) is 9.91. The molecule has 0 radical (unpaired) electrons. The van der Waals surface area contributed by atoms with Crippen LogP contribution in [0.25, 0.3) is 11.3 Å². The number of aliphatic hydroxyl groups is 1. The van der Waals surface area contributed by atoms with E-state index in [-0.39, 0.29) is 0 Å². The number of aryl methyl sites for hydroxylation is 1. The summed E-state index contributed by atoms with van der Waals surface area (Å²) in [7, 11) is 1.65. The summed E-state index contributed by atoms with van der Waals surface area (Å²) < 4.78 is 7.26. The number of aromatic nitrogens is 2. The van der Waals surface area contributed by atoms with Crippen LogP contribution in [0.5, 0.6) is 5.75 Å². The Labute approximate surface area is 106 Å². The van der Waals surface area contributed by atoms with Crippen LogP contribution in [0.1, 0.15) is 24.8 Å². The minimum atomic E-state index is -0.432. The van der Waals surface area contributed by atoms with E-state index in [2.05, 4.69) is 4.98 Å². The van der Waals surface area contributed by atoms with E-state index in [0.29, 0.717) is 0 Å². The number of ether oxygens (including phenoxy) is 1. The third-order valence-corrected chi connectivity index (χ3v) is 3.35. The van der Waals surface area contributed by atoms with Crippen LogP contribution in [0.4, 0.5) is 0 Å². The number of benzene rings is 1. The Hall–Kier alpha value is -1.81. The van der Waals surface area contributed by atoms with Crippen molar-refractivity contribution in [3.8, 4) is 17.0 Å². The van der Waals surface area contributed by atoms with Gasteiger partial charge in [0.05, 0.1) is 12.8 Å². The summed E-state index contributed by atoms with van der Waals surface area (Å²) in [6.07, 6.45) is 3.38. The topological polar surface area (TPSA) is 47.3 Å². The first-order valence-corrected chi connectivity index (χ1v) is 6.17. The lowest BCUT2D eigenvalue weighted by Gasteiger charge is -2.18. The van der Waals surface area contributed by atoms with Crippen LogP contribution in [-0.4, -0.2) is 21.8 Å². The van der Waals surface area contributed by atoms with E-state index < -0.39 is 6.10 Å². The van der Waals surface area contributed by atoms with Crippen LogP contribution >= 0.6 is 0 Å². The number of rotatable bonds is 2. The van der Waals surface area contributed by atoms with Crippen molar-refractivity contribution in [3.63, 3.8) is 0 Å². The molecule has 4 heteroatoms. The van der Waals surface area contributed by atoms with Gasteiger partial charge < -0.3 is 14.4 Å². The van der Waals surface area contributed by atoms with Crippen LogP contribution in [0, 0.1) is 0 Å². The highest BCUT2D eigenvalue weighted by Crippen LogP contribution is 2.29. The Balaban J connectivity index is 2.01. The van der Waals surface area contributed by atoms with Crippen molar-refractivity contribution in [2.24, 2.45) is 0 Å². The molecule has 18 heavy (non-hydrogen) atoms. The molecule has 0 saturated heterocycles. The van der Waals surface area contributed by atoms with Crippen LogP contribution in [-0.2, 0) is 6.54 Å². The first-order chi connectivity index (χ1) is 8.78. The molecule has 0 spiro atoms. The maximum absolute atomic E-state index is 9.91. The van der Waals surface area contributed by atoms with E-state index in [1.807, 2.05) is 35.0 Å². The number of hydrogen-bond donors (Lipinski definition) is 1. The lowest BCUT2D eigenvalue weighted by Crippen LogP contribution is -2.14. The van der Waals surface area contributed by atoms with Crippen LogP contribution in [0.2, 0.25) is 0 Å². The zero-order valence-corrected chi connectivity index (χ0v) is 10.3. The molecule has 2 heterocycles. The highest BCUT2D eigenvalue weighted by molar-refractivity contribution is 5.61. The number of nitrogens with zero attached hydrogens (tertiary/aromatic N) is 2. The largest absolute Gasteiger partial charge is 0.497 e. The third kappa shape index (κ3) is 1.88. The molecule has 1 aromatic heterocycles. The van der Waals surface area contributed by atoms with E-state index in [4.69, 9.17) is 4.74 Å². The van der Waals surface area contributed by atoms with Crippen molar-refractivity contribution < 1.29 is 9.84 Å². The molecule has 3 rings (SSSR count). The third-order valence-electron chi connectivity index (χ3n) is 3.35. The zero-order valence-electron chi connectivity index (χ0n) is 10.3. The lowest BCUT2D eigenvalue weighted by atomic mass is 10.1. The molecule has 4 nitrogen and oxygen atoms in total. The fourth-order valence-electron chi connectivity index (χ4n) is 2.38. The average molecular weight is 244 g/mol. The van der Waals surface area contributed by atoms with Gasteiger partial charge in [0.1, 0.15) is 17.7 Å². The fourth-order valence-corrected chi connectivity index (χ4v) is 2.38. The van der Waals surface area contributed by atoms with E-state index in [1.165, 1.54) is 0 Å². The summed E-state index contributed by atoms with van der Waals surface area (Å²) in [6.45, 7) is 0.934. The second kappa shape index (κ2) is 4.46. The van der Waals surface area contributed by atoms with Crippen molar-refractivity contribution in [3.05, 3.63) is 36.3 Å². The summed E-state index contributed by atoms with van der Waals surface area (Å²) in [4.78, 5) is 4.53. The summed E-state index contributed by atoms with van der Waals surface area (Å²) >= 11 is 0. The molecule has 0 aliphatic carbocycles. The maximum Gasteiger partial charge on any atom is 0.138 e. The Kier molecular flexibility index (Phi) is 2.80. The number of fused-ring (bicyclic) bond motifs is 1. The molecule has 0 saturated carbocycles. The Morgan fingerprint density at radius 3 is 3.11 bits per heavy atom. The van der Waals surface area contributed by atoms with Crippen molar-refractivity contribution in [1.82, 2.24) is 9.55 Å². The molecule has 0 amide bonds. The highest BCUT2D eigenvalue weighted by Gasteiger charge is 2.21. The normalized spacial score (nSPS) is 18.4. The summed E-state index contributed by atoms with van der Waals surface area (Å²) in [5.41, 5.74) is 1.91. The Morgan fingerprint density at radius 1 is 1.44 bits per heavy atom. The van der Waals surface area contributed by atoms with Crippen LogP contribution < -0.4 is 4.74 Å². The number of aliphatic hydroxyl groups excluding tert-OH is 1. The molecular weight excluding hydrogens is 228 g/mol. The van der Waals surface area contributed by atoms with Crippen LogP contribution in [0.3, 0.4) is 0 Å². The maximum atomic E-state index is 9.91. The molecule has 2 aromatic rings. The summed E-state index contributed by atoms with van der Waals surface area (Å²) in [6, 6.07) is 7.82. The molecule has 1 N–H and O–H groups in total. The minimum Gasteiger partial charge on any atom is -0.497 e. The van der Waals surface area contributed by atoms with Gasteiger partial charge in [-0.2, -0.15) is 0 Å². The second-order valence-corrected chi connectivity index (χ2v) is 4.57. The van der Waals surface area contributed by atoms with Gasteiger partial charge >= 0.3 is 0 Å². The van der Waals surface area contributed by atoms with E-state index >= 15 is 0 Å². The van der Waals surface area contributed by atoms with E-state index in [0.717, 1.165) is 42.2 Å². The predicted octanol–water partition coefficient (Wildman–Crippen LogP) is 2.39. The summed E-state index contributed by atoms with van der Waals surface area (Å²) in [5.74, 6) is 1.60. The average Bonchev–Trinajstić information content (AvgIpc) is 2.84. The molecule has 1 unspecified atom stereocenters. The van der Waals surface area contributed by atoms with Crippen molar-refractivity contribution >= 4 is 0 Å². The van der Waals surface area contributed by atoms with Gasteiger partial charge in [-0.3, -0.25) is 0 Å². The Morgan fingerprint density at radius 2 is 2.33 bits per heavy atom. The molecule has 94 valence electrons. The molecule has 1 atom stereocenters. The van der Waals surface area contributed by atoms with Crippen molar-refractivity contribution in [1.29, 1.82) is 0 Å². The number of hydrogen-bond acceptors (Lipinski definition) is 3. The van der Waals surface area contributed by atoms with E-state index in [1.54, 1.807) is 7.11 Å². The second-order valence-electron chi connectivity index (χ2n) is 4.57. The fraction of sp³-hybridized carbons (Fsp3) is 0.357. The quantitative estimate of drug-likeness (QED) is 0.882. The Bertz CT molecular complexity index is 563. The molecule has 0 bridgehead atoms. The van der Waals surface area contributed by atoms with Gasteiger partial charge in [0, 0.05) is 18.3 Å². The predicted molar refractivity (Wildman–Crippen MR) is 68.4 cm³/mol. The van der Waals surface area contributed by atoms with Gasteiger partial charge in [-0.1, -0.05) is 12.1 Å². The SMILES string of the molecule is COc1cccc(-c2cn3c(n2)C(O)CCC3)c1. The van der Waals surface area contributed by atoms with Gasteiger partial charge in [0.25, 0.3) is 0 Å². The molecule has 0 fully saturated rings. The van der Waals surface area contributed by atoms with Gasteiger partial charge in [0.15, 0.2) is 0 Å². The lowest BCUT2D eigenvalue weighted by molar-refractivity contribution is 0.134. The van der Waals surface area contributed by atoms with Gasteiger partial charge in [0.2, 0.25) is 0 Å². The molecular formula is C14H16N2O2. The highest BCUT2D eigenvalue weighted by atomic mass is 16.5. The first-order valence-electron chi connectivity index (χ1n) is 6.17. The minimum absolute atomic E-state index is 0.432. The number of imidazole rings is 1. The smallest absolute Gasteiger partial charge is 0.138 e. The standard InChI is InChI=1S/C14H16N2O2/c1-18-11-5-2-4-10(8-11)12-9-16-7-3-6-13(17)14(16)15-12/h2,4-5,8-9,13,17H,3,6-7H2,1H3. The monoisotopic (exact) mass is 244 g/mol. The molecule has 1 aliphatic rings. The van der Waals surface area contributed by atoms with Crippen molar-refractivity contribution in [2.75, 3.05) is 7.11 Å².